The molecule has 3 aromatic heterocycles. The predicted octanol–water partition coefficient (Wildman–Crippen LogP) is 0.424. The average molecular weight is 269 g/mol. The summed E-state index contributed by atoms with van der Waals surface area (Å²) < 4.78 is 1.73. The Hall–Kier alpha value is -2.28. The average Bonchev–Trinajstić information content (AvgIpc) is 2.92. The molecule has 1 aliphatic rings. The molecule has 20 heavy (non-hydrogen) atoms. The van der Waals surface area contributed by atoms with Crippen LogP contribution in [-0.2, 0) is 0 Å². The van der Waals surface area contributed by atoms with Crippen LogP contribution >= 0.6 is 0 Å². The Morgan fingerprint density at radius 3 is 2.80 bits per heavy atom. The Kier molecular flexibility index (Phi) is 2.53. The van der Waals surface area contributed by atoms with E-state index >= 15 is 0 Å². The van der Waals surface area contributed by atoms with E-state index in [1.807, 2.05) is 12.1 Å². The lowest BCUT2D eigenvalue weighted by Gasteiger charge is -2.31. The fraction of sp³-hybridized carbons (Fsp3) is 0.385. The minimum Gasteiger partial charge on any atom is -0.337 e. The molecule has 4 heterocycles. The zero-order chi connectivity index (χ0) is 13.5. The highest BCUT2D eigenvalue weighted by Crippen LogP contribution is 2.18. The number of pyridine rings is 1. The molecule has 0 spiro atoms. The van der Waals surface area contributed by atoms with Crippen LogP contribution in [0.25, 0.3) is 16.7 Å². The van der Waals surface area contributed by atoms with Crippen LogP contribution in [-0.4, -0.2) is 62.7 Å². The maximum Gasteiger partial charge on any atom is 0.245 e. The van der Waals surface area contributed by atoms with Crippen LogP contribution in [0.2, 0.25) is 0 Å². The van der Waals surface area contributed by atoms with Crippen LogP contribution < -0.4 is 4.90 Å². The van der Waals surface area contributed by atoms with Crippen molar-refractivity contribution in [3.8, 4) is 0 Å². The number of aromatic nitrogens is 5. The van der Waals surface area contributed by atoms with Gasteiger partial charge < -0.3 is 9.80 Å². The van der Waals surface area contributed by atoms with Gasteiger partial charge in [-0.25, -0.2) is 9.97 Å². The summed E-state index contributed by atoms with van der Waals surface area (Å²) in [6, 6.07) is 3.88. The van der Waals surface area contributed by atoms with Gasteiger partial charge in [-0.2, -0.15) is 9.50 Å². The smallest absolute Gasteiger partial charge is 0.245 e. The minimum absolute atomic E-state index is 0.706. The Bertz CT molecular complexity index is 758. The van der Waals surface area contributed by atoms with Gasteiger partial charge in [-0.05, 0) is 19.2 Å². The number of anilines is 1. The summed E-state index contributed by atoms with van der Waals surface area (Å²) in [6.07, 6.45) is 3.42. The molecule has 1 saturated heterocycles. The maximum atomic E-state index is 4.67. The molecule has 7 heteroatoms. The molecule has 1 aliphatic heterocycles. The number of rotatable bonds is 1. The summed E-state index contributed by atoms with van der Waals surface area (Å²) in [6.45, 7) is 3.99. The molecule has 0 N–H and O–H groups in total. The summed E-state index contributed by atoms with van der Waals surface area (Å²) in [4.78, 5) is 17.8. The highest BCUT2D eigenvalue weighted by atomic mass is 15.4. The highest BCUT2D eigenvalue weighted by molar-refractivity contribution is 5.88. The molecule has 4 rings (SSSR count). The van der Waals surface area contributed by atoms with E-state index in [9.17, 15) is 0 Å². The predicted molar refractivity (Wildman–Crippen MR) is 75.8 cm³/mol. The standard InChI is InChI=1S/C13H15N7/c1-18-5-7-19(8-6-18)13-16-12-10-3-2-4-14-11(10)15-9-20(12)17-13/h2-4,9H,5-8H2,1H3. The van der Waals surface area contributed by atoms with Crippen molar-refractivity contribution < 1.29 is 0 Å². The Morgan fingerprint density at radius 2 is 1.95 bits per heavy atom. The van der Waals surface area contributed by atoms with E-state index in [0.29, 0.717) is 5.65 Å². The second-order valence-corrected chi connectivity index (χ2v) is 5.09. The van der Waals surface area contributed by atoms with E-state index in [1.54, 1.807) is 17.0 Å². The Labute approximate surface area is 115 Å². The number of piperazine rings is 1. The second kappa shape index (κ2) is 4.38. The van der Waals surface area contributed by atoms with Crippen LogP contribution in [0.3, 0.4) is 0 Å². The van der Waals surface area contributed by atoms with Crippen molar-refractivity contribution in [3.63, 3.8) is 0 Å². The molecule has 0 radical (unpaired) electrons. The van der Waals surface area contributed by atoms with Gasteiger partial charge in [0.1, 0.15) is 6.33 Å². The lowest BCUT2D eigenvalue weighted by Crippen LogP contribution is -2.44. The summed E-state index contributed by atoms with van der Waals surface area (Å²) in [5.41, 5.74) is 1.52. The van der Waals surface area contributed by atoms with Crippen LogP contribution in [0.4, 0.5) is 5.95 Å². The molecule has 7 nitrogen and oxygen atoms in total. The summed E-state index contributed by atoms with van der Waals surface area (Å²) >= 11 is 0. The van der Waals surface area contributed by atoms with E-state index in [1.165, 1.54) is 0 Å². The van der Waals surface area contributed by atoms with Crippen molar-refractivity contribution in [1.82, 2.24) is 29.5 Å². The molecule has 0 aromatic carbocycles. The first-order valence-corrected chi connectivity index (χ1v) is 6.71. The number of fused-ring (bicyclic) bond motifs is 3. The first-order valence-electron chi connectivity index (χ1n) is 6.71. The molecule has 102 valence electrons. The van der Waals surface area contributed by atoms with Crippen LogP contribution in [0.15, 0.2) is 24.7 Å². The van der Waals surface area contributed by atoms with Crippen molar-refractivity contribution in [2.75, 3.05) is 38.1 Å². The van der Waals surface area contributed by atoms with Gasteiger partial charge in [-0.3, -0.25) is 0 Å². The minimum atomic E-state index is 0.706. The summed E-state index contributed by atoms with van der Waals surface area (Å²) in [5.74, 6) is 0.774. The topological polar surface area (TPSA) is 62.5 Å². The number of nitrogens with zero attached hydrogens (tertiary/aromatic N) is 7. The SMILES string of the molecule is CN1CCN(c2nc3c4cccnc4ncn3n2)CC1. The normalized spacial score (nSPS) is 17.1. The Balaban J connectivity index is 1.80. The summed E-state index contributed by atoms with van der Waals surface area (Å²) in [5, 5.41) is 5.47. The molecule has 0 atom stereocenters. The fourth-order valence-electron chi connectivity index (χ4n) is 2.50. The molecule has 0 unspecified atom stereocenters. The fourth-order valence-corrected chi connectivity index (χ4v) is 2.50. The molecule has 1 fully saturated rings. The third-order valence-corrected chi connectivity index (χ3v) is 3.72. The van der Waals surface area contributed by atoms with Gasteiger partial charge in [0.05, 0.1) is 5.39 Å². The van der Waals surface area contributed by atoms with Gasteiger partial charge in [-0.15, -0.1) is 5.10 Å². The van der Waals surface area contributed by atoms with Crippen molar-refractivity contribution in [2.24, 2.45) is 0 Å². The Morgan fingerprint density at radius 1 is 1.10 bits per heavy atom. The van der Waals surface area contributed by atoms with Gasteiger partial charge in [0.25, 0.3) is 0 Å². The quantitative estimate of drug-likeness (QED) is 0.638. The van der Waals surface area contributed by atoms with E-state index in [4.69, 9.17) is 0 Å². The molecule has 0 saturated carbocycles. The number of likely N-dealkylation sites (N-methyl/N-ethyl adjacent to an activating group) is 1. The van der Waals surface area contributed by atoms with E-state index in [-0.39, 0.29) is 0 Å². The van der Waals surface area contributed by atoms with Gasteiger partial charge >= 0.3 is 0 Å². The first-order chi connectivity index (χ1) is 9.81. The van der Waals surface area contributed by atoms with E-state index < -0.39 is 0 Å². The number of hydrogen-bond donors (Lipinski definition) is 0. The van der Waals surface area contributed by atoms with Crippen molar-refractivity contribution in [2.45, 2.75) is 0 Å². The molecule has 0 aliphatic carbocycles. The lowest BCUT2D eigenvalue weighted by molar-refractivity contribution is 0.311. The van der Waals surface area contributed by atoms with Crippen LogP contribution in [0.1, 0.15) is 0 Å². The second-order valence-electron chi connectivity index (χ2n) is 5.09. The molecular formula is C13H15N7. The molecule has 0 amide bonds. The van der Waals surface area contributed by atoms with Gasteiger partial charge in [0.2, 0.25) is 5.95 Å². The largest absolute Gasteiger partial charge is 0.337 e. The van der Waals surface area contributed by atoms with Crippen molar-refractivity contribution in [1.29, 1.82) is 0 Å². The third kappa shape index (κ3) is 1.78. The highest BCUT2D eigenvalue weighted by Gasteiger charge is 2.18. The van der Waals surface area contributed by atoms with Gasteiger partial charge in [0, 0.05) is 32.4 Å². The zero-order valence-electron chi connectivity index (χ0n) is 11.3. The first kappa shape index (κ1) is 11.5. The van der Waals surface area contributed by atoms with Gasteiger partial charge in [0.15, 0.2) is 11.3 Å². The molecule has 3 aromatic rings. The third-order valence-electron chi connectivity index (χ3n) is 3.72. The lowest BCUT2D eigenvalue weighted by atomic mass is 10.3. The monoisotopic (exact) mass is 269 g/mol. The van der Waals surface area contributed by atoms with Crippen LogP contribution in [0.5, 0.6) is 0 Å². The maximum absolute atomic E-state index is 4.67. The van der Waals surface area contributed by atoms with E-state index in [2.05, 4.69) is 36.9 Å². The van der Waals surface area contributed by atoms with Gasteiger partial charge in [-0.1, -0.05) is 0 Å². The van der Waals surface area contributed by atoms with Crippen molar-refractivity contribution >= 4 is 22.6 Å². The van der Waals surface area contributed by atoms with Crippen LogP contribution in [0, 0.1) is 0 Å². The van der Waals surface area contributed by atoms with Crippen molar-refractivity contribution in [3.05, 3.63) is 24.7 Å². The zero-order valence-corrected chi connectivity index (χ0v) is 11.3. The summed E-state index contributed by atoms with van der Waals surface area (Å²) in [7, 11) is 2.14. The molecular weight excluding hydrogens is 254 g/mol. The molecule has 0 bridgehead atoms. The van der Waals surface area contributed by atoms with E-state index in [0.717, 1.165) is 43.2 Å². The number of hydrogen-bond acceptors (Lipinski definition) is 6.